The molecule has 0 atom stereocenters. The Kier molecular flexibility index (Phi) is 3.83. The number of halogens is 1. The van der Waals surface area contributed by atoms with E-state index in [0.29, 0.717) is 13.2 Å². The second-order valence-electron chi connectivity index (χ2n) is 3.52. The van der Waals surface area contributed by atoms with Crippen molar-refractivity contribution in [1.29, 1.82) is 0 Å². The van der Waals surface area contributed by atoms with Crippen LogP contribution in [0.25, 0.3) is 10.9 Å². The van der Waals surface area contributed by atoms with E-state index < -0.39 is 0 Å². The first-order chi connectivity index (χ1) is 7.83. The molecule has 0 saturated carbocycles. The van der Waals surface area contributed by atoms with E-state index >= 15 is 0 Å². The van der Waals surface area contributed by atoms with Gasteiger partial charge in [-0.05, 0) is 12.1 Å². The normalized spacial score (nSPS) is 11.1. The molecule has 1 aromatic carbocycles. The van der Waals surface area contributed by atoms with Gasteiger partial charge in [-0.3, -0.25) is 0 Å². The first kappa shape index (κ1) is 11.5. The highest BCUT2D eigenvalue weighted by Gasteiger charge is 2.04. The van der Waals surface area contributed by atoms with E-state index in [-0.39, 0.29) is 6.61 Å². The maximum Gasteiger partial charge on any atom is 0.0698 e. The summed E-state index contributed by atoms with van der Waals surface area (Å²) in [4.78, 5) is 0. The molecule has 0 radical (unpaired) electrons. The number of hydrogen-bond acceptors (Lipinski definition) is 2. The summed E-state index contributed by atoms with van der Waals surface area (Å²) < 4.78 is 7.30. The van der Waals surface area contributed by atoms with Crippen LogP contribution in [-0.4, -0.2) is 29.5 Å². The smallest absolute Gasteiger partial charge is 0.0698 e. The van der Waals surface area contributed by atoms with Crippen LogP contribution in [-0.2, 0) is 11.3 Å². The highest BCUT2D eigenvalue weighted by atomic mass is 35.5. The minimum Gasteiger partial charge on any atom is -0.394 e. The third-order valence-corrected chi connectivity index (χ3v) is 2.76. The number of aliphatic hydroxyl groups is 1. The zero-order valence-corrected chi connectivity index (χ0v) is 9.65. The molecule has 0 aliphatic heterocycles. The van der Waals surface area contributed by atoms with Crippen molar-refractivity contribution < 1.29 is 9.84 Å². The number of para-hydroxylation sites is 1. The Labute approximate surface area is 99.2 Å². The molecule has 0 aliphatic carbocycles. The van der Waals surface area contributed by atoms with Gasteiger partial charge < -0.3 is 14.4 Å². The largest absolute Gasteiger partial charge is 0.394 e. The number of fused-ring (bicyclic) bond motifs is 1. The van der Waals surface area contributed by atoms with Crippen LogP contribution in [0.15, 0.2) is 30.5 Å². The fraction of sp³-hybridized carbons (Fsp3) is 0.333. The molecule has 4 heteroatoms. The molecule has 2 aromatic rings. The number of nitrogens with zero attached hydrogens (tertiary/aromatic N) is 1. The summed E-state index contributed by atoms with van der Waals surface area (Å²) in [6.45, 7) is 1.77. The lowest BCUT2D eigenvalue weighted by molar-refractivity contribution is 0.0875. The van der Waals surface area contributed by atoms with E-state index in [1.165, 1.54) is 0 Å². The highest BCUT2D eigenvalue weighted by molar-refractivity contribution is 6.35. The molecule has 0 bridgehead atoms. The van der Waals surface area contributed by atoms with Gasteiger partial charge in [0.15, 0.2) is 0 Å². The quantitative estimate of drug-likeness (QED) is 0.813. The van der Waals surface area contributed by atoms with Crippen LogP contribution in [0.3, 0.4) is 0 Å². The Morgan fingerprint density at radius 3 is 2.94 bits per heavy atom. The van der Waals surface area contributed by atoms with Gasteiger partial charge in [-0.2, -0.15) is 0 Å². The molecule has 0 spiro atoms. The maximum absolute atomic E-state index is 8.59. The molecule has 1 heterocycles. The van der Waals surface area contributed by atoms with Gasteiger partial charge in [0.2, 0.25) is 0 Å². The van der Waals surface area contributed by atoms with Crippen molar-refractivity contribution >= 4 is 22.5 Å². The summed E-state index contributed by atoms with van der Waals surface area (Å²) in [5.74, 6) is 0. The van der Waals surface area contributed by atoms with Crippen molar-refractivity contribution in [3.05, 3.63) is 35.5 Å². The number of rotatable bonds is 5. The van der Waals surface area contributed by atoms with Crippen molar-refractivity contribution in [2.75, 3.05) is 19.8 Å². The Balaban J connectivity index is 2.12. The van der Waals surface area contributed by atoms with Gasteiger partial charge in [0.05, 0.1) is 30.4 Å². The average Bonchev–Trinajstić information content (AvgIpc) is 2.69. The van der Waals surface area contributed by atoms with Crippen LogP contribution in [0.2, 0.25) is 5.02 Å². The summed E-state index contributed by atoms with van der Waals surface area (Å²) >= 11 is 6.14. The monoisotopic (exact) mass is 239 g/mol. The number of aliphatic hydroxyl groups excluding tert-OH is 1. The van der Waals surface area contributed by atoms with Gasteiger partial charge in [-0.15, -0.1) is 0 Å². The van der Waals surface area contributed by atoms with Gasteiger partial charge in [-0.25, -0.2) is 0 Å². The van der Waals surface area contributed by atoms with Gasteiger partial charge >= 0.3 is 0 Å². The molecule has 1 N–H and O–H groups in total. The average molecular weight is 240 g/mol. The zero-order valence-electron chi connectivity index (χ0n) is 8.90. The van der Waals surface area contributed by atoms with Crippen molar-refractivity contribution in [1.82, 2.24) is 4.57 Å². The number of ether oxygens (including phenoxy) is 1. The Morgan fingerprint density at radius 2 is 2.12 bits per heavy atom. The molecule has 86 valence electrons. The standard InChI is InChI=1S/C12H14ClNO2/c13-11-3-1-2-10-4-5-14(12(10)11)6-8-16-9-7-15/h1-5,15H,6-9H2. The van der Waals surface area contributed by atoms with Crippen LogP contribution in [0.1, 0.15) is 0 Å². The molecule has 0 saturated heterocycles. The van der Waals surface area contributed by atoms with E-state index in [1.54, 1.807) is 0 Å². The second kappa shape index (κ2) is 5.34. The van der Waals surface area contributed by atoms with Crippen LogP contribution in [0, 0.1) is 0 Å². The van der Waals surface area contributed by atoms with Crippen LogP contribution in [0.4, 0.5) is 0 Å². The van der Waals surface area contributed by atoms with Crippen LogP contribution < -0.4 is 0 Å². The van der Waals surface area contributed by atoms with E-state index in [0.717, 1.165) is 22.5 Å². The Morgan fingerprint density at radius 1 is 1.25 bits per heavy atom. The molecule has 0 amide bonds. The summed E-state index contributed by atoms with van der Waals surface area (Å²) in [6, 6.07) is 7.89. The molecule has 0 fully saturated rings. The maximum atomic E-state index is 8.59. The number of hydrogen-bond donors (Lipinski definition) is 1. The Hall–Kier alpha value is -1.03. The van der Waals surface area contributed by atoms with Crippen LogP contribution >= 0.6 is 11.6 Å². The highest BCUT2D eigenvalue weighted by Crippen LogP contribution is 2.24. The molecule has 1 aromatic heterocycles. The first-order valence-corrected chi connectivity index (χ1v) is 5.62. The fourth-order valence-electron chi connectivity index (χ4n) is 1.73. The predicted molar refractivity (Wildman–Crippen MR) is 64.9 cm³/mol. The lowest BCUT2D eigenvalue weighted by atomic mass is 10.2. The van der Waals surface area contributed by atoms with Gasteiger partial charge in [0.1, 0.15) is 0 Å². The lowest BCUT2D eigenvalue weighted by Crippen LogP contribution is -2.07. The minimum atomic E-state index is 0.0627. The summed E-state index contributed by atoms with van der Waals surface area (Å²) in [5.41, 5.74) is 1.04. The number of benzene rings is 1. The van der Waals surface area contributed by atoms with Crippen molar-refractivity contribution in [3.8, 4) is 0 Å². The van der Waals surface area contributed by atoms with Crippen molar-refractivity contribution in [2.24, 2.45) is 0 Å². The molecule has 0 aliphatic rings. The van der Waals surface area contributed by atoms with E-state index in [4.69, 9.17) is 21.4 Å². The van der Waals surface area contributed by atoms with Gasteiger partial charge in [-0.1, -0.05) is 23.7 Å². The van der Waals surface area contributed by atoms with E-state index in [9.17, 15) is 0 Å². The van der Waals surface area contributed by atoms with Gasteiger partial charge in [0, 0.05) is 18.1 Å². The van der Waals surface area contributed by atoms with Gasteiger partial charge in [0.25, 0.3) is 0 Å². The summed E-state index contributed by atoms with van der Waals surface area (Å²) in [6.07, 6.45) is 2.00. The predicted octanol–water partition coefficient (Wildman–Crippen LogP) is 2.30. The molecule has 16 heavy (non-hydrogen) atoms. The Bertz CT molecular complexity index is 467. The topological polar surface area (TPSA) is 34.4 Å². The molecule has 3 nitrogen and oxygen atoms in total. The molecular formula is C12H14ClNO2. The first-order valence-electron chi connectivity index (χ1n) is 5.25. The molecular weight excluding hydrogens is 226 g/mol. The van der Waals surface area contributed by atoms with E-state index in [1.807, 2.05) is 30.5 Å². The van der Waals surface area contributed by atoms with Crippen molar-refractivity contribution in [2.45, 2.75) is 6.54 Å². The minimum absolute atomic E-state index is 0.0627. The third-order valence-electron chi connectivity index (χ3n) is 2.45. The molecule has 2 rings (SSSR count). The SMILES string of the molecule is OCCOCCn1ccc2cccc(Cl)c21. The lowest BCUT2D eigenvalue weighted by Gasteiger charge is -2.06. The second-order valence-corrected chi connectivity index (χ2v) is 3.93. The van der Waals surface area contributed by atoms with E-state index in [2.05, 4.69) is 4.57 Å². The zero-order chi connectivity index (χ0) is 11.4. The fourth-order valence-corrected chi connectivity index (χ4v) is 2.02. The number of aromatic nitrogens is 1. The summed E-state index contributed by atoms with van der Waals surface area (Å²) in [7, 11) is 0. The van der Waals surface area contributed by atoms with Crippen molar-refractivity contribution in [3.63, 3.8) is 0 Å². The summed E-state index contributed by atoms with van der Waals surface area (Å²) in [5, 5.41) is 10.5. The van der Waals surface area contributed by atoms with Crippen LogP contribution in [0.5, 0.6) is 0 Å². The molecule has 0 unspecified atom stereocenters. The third kappa shape index (κ3) is 2.38.